The van der Waals surface area contributed by atoms with E-state index in [0.717, 1.165) is 0 Å². The fourth-order valence-corrected chi connectivity index (χ4v) is 1.34. The summed E-state index contributed by atoms with van der Waals surface area (Å²) in [5, 5.41) is 11.1. The van der Waals surface area contributed by atoms with Crippen LogP contribution in [0.2, 0.25) is 0 Å². The number of hydrogen-bond acceptors (Lipinski definition) is 3. The fourth-order valence-electron chi connectivity index (χ4n) is 1.34. The number of ether oxygens (including phenoxy) is 1. The van der Waals surface area contributed by atoms with E-state index in [2.05, 4.69) is 5.32 Å². The van der Waals surface area contributed by atoms with Gasteiger partial charge >= 0.3 is 0 Å². The Morgan fingerprint density at radius 3 is 2.40 bits per heavy atom. The van der Waals surface area contributed by atoms with Gasteiger partial charge in [-0.2, -0.15) is 0 Å². The number of amides is 1. The van der Waals surface area contributed by atoms with E-state index in [1.54, 1.807) is 0 Å². The Morgan fingerprint density at radius 2 is 1.90 bits per heavy atom. The van der Waals surface area contributed by atoms with Gasteiger partial charge in [0.25, 0.3) is 12.3 Å². The lowest BCUT2D eigenvalue weighted by atomic mass is 10.1. The van der Waals surface area contributed by atoms with E-state index in [1.165, 1.54) is 38.1 Å². The molecule has 2 N–H and O–H groups in total. The average Bonchev–Trinajstić information content (AvgIpc) is 2.37. The number of aliphatic hydroxyl groups excluding tert-OH is 1. The van der Waals surface area contributed by atoms with Gasteiger partial charge in [-0.05, 0) is 38.1 Å². The number of rotatable bonds is 6. The van der Waals surface area contributed by atoms with Crippen molar-refractivity contribution in [3.63, 3.8) is 0 Å². The quantitative estimate of drug-likeness (QED) is 0.839. The first-order valence-electron chi connectivity index (χ1n) is 5.91. The largest absolute Gasteiger partial charge is 0.478 e. The SMILES string of the molecule is CC(C)(Oc1ccc(F)cc1)C(=O)NCC(O)C(F)F. The standard InChI is InChI=1S/C13H16F3NO3/c1-13(2,12(19)17-7-10(18)11(15)16)20-9-5-3-8(14)4-6-9/h3-6,10-11,18H,7H2,1-2H3,(H,17,19). The molecular formula is C13H16F3NO3. The van der Waals surface area contributed by atoms with E-state index < -0.39 is 36.4 Å². The summed E-state index contributed by atoms with van der Waals surface area (Å²) in [7, 11) is 0. The third kappa shape index (κ3) is 4.73. The van der Waals surface area contributed by atoms with Crippen molar-refractivity contribution in [1.29, 1.82) is 0 Å². The highest BCUT2D eigenvalue weighted by Gasteiger charge is 2.31. The zero-order valence-electron chi connectivity index (χ0n) is 11.1. The number of benzene rings is 1. The minimum Gasteiger partial charge on any atom is -0.478 e. The Hall–Kier alpha value is -1.76. The molecule has 0 aliphatic rings. The summed E-state index contributed by atoms with van der Waals surface area (Å²) in [6, 6.07) is 5.03. The smallest absolute Gasteiger partial charge is 0.265 e. The molecule has 0 saturated heterocycles. The maximum Gasteiger partial charge on any atom is 0.265 e. The molecule has 1 amide bonds. The minimum absolute atomic E-state index is 0.265. The van der Waals surface area contributed by atoms with E-state index in [0.29, 0.717) is 0 Å². The number of carbonyl (C=O) groups excluding carboxylic acids is 1. The number of alkyl halides is 2. The zero-order valence-corrected chi connectivity index (χ0v) is 11.1. The van der Waals surface area contributed by atoms with Crippen LogP contribution < -0.4 is 10.1 Å². The summed E-state index contributed by atoms with van der Waals surface area (Å²) in [6.45, 7) is 2.29. The molecule has 1 atom stereocenters. The molecule has 0 fully saturated rings. The molecule has 0 heterocycles. The third-order valence-electron chi connectivity index (χ3n) is 2.50. The lowest BCUT2D eigenvalue weighted by Crippen LogP contribution is -2.49. The Balaban J connectivity index is 2.58. The van der Waals surface area contributed by atoms with Crippen LogP contribution >= 0.6 is 0 Å². The molecule has 0 aliphatic heterocycles. The van der Waals surface area contributed by atoms with Crippen molar-refractivity contribution in [2.45, 2.75) is 32.0 Å². The predicted molar refractivity (Wildman–Crippen MR) is 66.1 cm³/mol. The molecule has 1 rings (SSSR count). The second kappa shape index (κ2) is 6.60. The van der Waals surface area contributed by atoms with Crippen LogP contribution in [-0.2, 0) is 4.79 Å². The van der Waals surface area contributed by atoms with Crippen LogP contribution in [0.25, 0.3) is 0 Å². The van der Waals surface area contributed by atoms with Crippen molar-refractivity contribution in [1.82, 2.24) is 5.32 Å². The van der Waals surface area contributed by atoms with Gasteiger partial charge in [-0.15, -0.1) is 0 Å². The first-order valence-corrected chi connectivity index (χ1v) is 5.91. The van der Waals surface area contributed by atoms with Gasteiger partial charge in [-0.25, -0.2) is 13.2 Å². The highest BCUT2D eigenvalue weighted by atomic mass is 19.3. The number of hydrogen-bond donors (Lipinski definition) is 2. The van der Waals surface area contributed by atoms with E-state index in [9.17, 15) is 18.0 Å². The summed E-state index contributed by atoms with van der Waals surface area (Å²) >= 11 is 0. The van der Waals surface area contributed by atoms with Crippen molar-refractivity contribution in [2.24, 2.45) is 0 Å². The summed E-state index contributed by atoms with van der Waals surface area (Å²) in [5.41, 5.74) is -1.35. The molecule has 4 nitrogen and oxygen atoms in total. The Morgan fingerprint density at radius 1 is 1.35 bits per heavy atom. The van der Waals surface area contributed by atoms with Crippen molar-refractivity contribution >= 4 is 5.91 Å². The summed E-state index contributed by atoms with van der Waals surface area (Å²) in [5.74, 6) is -0.845. The lowest BCUT2D eigenvalue weighted by Gasteiger charge is -2.25. The molecule has 0 radical (unpaired) electrons. The van der Waals surface area contributed by atoms with Gasteiger partial charge in [0.2, 0.25) is 0 Å². The van der Waals surface area contributed by atoms with Crippen LogP contribution in [0.5, 0.6) is 5.75 Å². The van der Waals surface area contributed by atoms with Crippen LogP contribution in [0.4, 0.5) is 13.2 Å². The normalized spacial score (nSPS) is 13.2. The first-order chi connectivity index (χ1) is 9.22. The summed E-state index contributed by atoms with van der Waals surface area (Å²) in [6.07, 6.45) is -4.86. The Kier molecular flexibility index (Phi) is 5.38. The van der Waals surface area contributed by atoms with Gasteiger partial charge in [0.1, 0.15) is 17.7 Å². The summed E-state index contributed by atoms with van der Waals surface area (Å²) in [4.78, 5) is 11.8. The van der Waals surface area contributed by atoms with E-state index >= 15 is 0 Å². The maximum atomic E-state index is 12.7. The van der Waals surface area contributed by atoms with Gasteiger partial charge < -0.3 is 15.2 Å². The first kappa shape index (κ1) is 16.3. The highest BCUT2D eigenvalue weighted by molar-refractivity contribution is 5.84. The maximum absolute atomic E-state index is 12.7. The van der Waals surface area contributed by atoms with Gasteiger partial charge in [-0.1, -0.05) is 0 Å². The van der Waals surface area contributed by atoms with Crippen molar-refractivity contribution in [3.8, 4) is 5.75 Å². The van der Waals surface area contributed by atoms with Crippen LogP contribution in [0.15, 0.2) is 24.3 Å². The molecule has 1 unspecified atom stereocenters. The lowest BCUT2D eigenvalue weighted by molar-refractivity contribution is -0.135. The van der Waals surface area contributed by atoms with Gasteiger partial charge in [-0.3, -0.25) is 4.79 Å². The second-order valence-electron chi connectivity index (χ2n) is 4.68. The van der Waals surface area contributed by atoms with Crippen molar-refractivity contribution in [2.75, 3.05) is 6.54 Å². The molecule has 0 bridgehead atoms. The van der Waals surface area contributed by atoms with Crippen LogP contribution in [-0.4, -0.2) is 35.7 Å². The molecule has 1 aromatic carbocycles. The summed E-state index contributed by atoms with van der Waals surface area (Å²) < 4.78 is 42.3. The molecule has 112 valence electrons. The fraction of sp³-hybridized carbons (Fsp3) is 0.462. The Bertz CT molecular complexity index is 449. The number of aliphatic hydroxyl groups is 1. The predicted octanol–water partition coefficient (Wildman–Crippen LogP) is 1.73. The zero-order chi connectivity index (χ0) is 15.3. The molecule has 20 heavy (non-hydrogen) atoms. The average molecular weight is 291 g/mol. The molecule has 0 aromatic heterocycles. The Labute approximate surface area is 114 Å². The number of nitrogens with one attached hydrogen (secondary N) is 1. The molecule has 0 saturated carbocycles. The minimum atomic E-state index is -2.93. The van der Waals surface area contributed by atoms with Gasteiger partial charge in [0, 0.05) is 6.54 Å². The van der Waals surface area contributed by atoms with Gasteiger partial charge in [0.05, 0.1) is 0 Å². The third-order valence-corrected chi connectivity index (χ3v) is 2.50. The molecule has 1 aromatic rings. The molecule has 0 spiro atoms. The molecule has 0 aliphatic carbocycles. The highest BCUT2D eigenvalue weighted by Crippen LogP contribution is 2.18. The molecule has 7 heteroatoms. The van der Waals surface area contributed by atoms with E-state index in [-0.39, 0.29) is 5.75 Å². The number of halogens is 3. The topological polar surface area (TPSA) is 58.6 Å². The van der Waals surface area contributed by atoms with Crippen LogP contribution in [0, 0.1) is 5.82 Å². The van der Waals surface area contributed by atoms with E-state index in [1.807, 2.05) is 0 Å². The van der Waals surface area contributed by atoms with E-state index in [4.69, 9.17) is 9.84 Å². The second-order valence-corrected chi connectivity index (χ2v) is 4.68. The monoisotopic (exact) mass is 291 g/mol. The number of carbonyl (C=O) groups is 1. The van der Waals surface area contributed by atoms with Crippen LogP contribution in [0.3, 0.4) is 0 Å². The van der Waals surface area contributed by atoms with Crippen molar-refractivity contribution in [3.05, 3.63) is 30.1 Å². The van der Waals surface area contributed by atoms with Gasteiger partial charge in [0.15, 0.2) is 5.60 Å². The van der Waals surface area contributed by atoms with Crippen LogP contribution in [0.1, 0.15) is 13.8 Å². The molecular weight excluding hydrogens is 275 g/mol. The van der Waals surface area contributed by atoms with Crippen molar-refractivity contribution < 1.29 is 27.8 Å².